The lowest BCUT2D eigenvalue weighted by Gasteiger charge is -2.61. The lowest BCUT2D eigenvalue weighted by atomic mass is 9.44. The molecule has 1 saturated heterocycles. The van der Waals surface area contributed by atoms with E-state index in [1.165, 1.54) is 0 Å². The molecule has 1 heterocycles. The van der Waals surface area contributed by atoms with Crippen LogP contribution in [0.15, 0.2) is 12.2 Å². The van der Waals surface area contributed by atoms with E-state index in [4.69, 9.17) is 4.74 Å². The van der Waals surface area contributed by atoms with Crippen molar-refractivity contribution in [2.45, 2.75) is 91.8 Å². The fourth-order valence-corrected chi connectivity index (χ4v) is 8.29. The number of rotatable bonds is 3. The minimum Gasteiger partial charge on any atom is -0.445 e. The molecule has 3 saturated carbocycles. The Kier molecular flexibility index (Phi) is 7.24. The number of carbonyl (C=O) groups is 3. The SMILES string of the molecule is CC=C[C@]1(C)C[C@@H](OC(=O)NC(=O)C2CCNCC2)[C@]2(C)C(C)CCC3(CCC(=O)C32)[C@@H](C)[C@@H]1O. The van der Waals surface area contributed by atoms with Gasteiger partial charge in [-0.25, -0.2) is 4.79 Å². The van der Waals surface area contributed by atoms with Crippen molar-refractivity contribution in [1.82, 2.24) is 10.6 Å². The summed E-state index contributed by atoms with van der Waals surface area (Å²) in [6.45, 7) is 11.9. The number of allylic oxidation sites excluding steroid dienone is 1. The predicted octanol–water partition coefficient (Wildman–Crippen LogP) is 3.99. The van der Waals surface area contributed by atoms with Gasteiger partial charge in [0, 0.05) is 29.1 Å². The average molecular weight is 489 g/mol. The number of aliphatic hydroxyl groups excluding tert-OH is 1. The molecule has 35 heavy (non-hydrogen) atoms. The van der Waals surface area contributed by atoms with E-state index < -0.39 is 29.1 Å². The molecular formula is C28H44N2O5. The van der Waals surface area contributed by atoms with Crippen molar-refractivity contribution in [2.24, 2.45) is 39.9 Å². The van der Waals surface area contributed by atoms with Gasteiger partial charge < -0.3 is 15.2 Å². The Balaban J connectivity index is 1.70. The van der Waals surface area contributed by atoms with Gasteiger partial charge in [0.15, 0.2) is 0 Å². The highest BCUT2D eigenvalue weighted by molar-refractivity contribution is 5.93. The van der Waals surface area contributed by atoms with Gasteiger partial charge in [-0.1, -0.05) is 39.8 Å². The summed E-state index contributed by atoms with van der Waals surface area (Å²) in [4.78, 5) is 39.3. The van der Waals surface area contributed by atoms with Crippen LogP contribution in [0.5, 0.6) is 0 Å². The van der Waals surface area contributed by atoms with Crippen molar-refractivity contribution in [3.8, 4) is 0 Å². The maximum Gasteiger partial charge on any atom is 0.414 e. The van der Waals surface area contributed by atoms with Crippen LogP contribution in [-0.4, -0.2) is 48.2 Å². The summed E-state index contributed by atoms with van der Waals surface area (Å²) < 4.78 is 6.14. The predicted molar refractivity (Wildman–Crippen MR) is 133 cm³/mol. The molecule has 8 atom stereocenters. The van der Waals surface area contributed by atoms with Crippen molar-refractivity contribution in [3.63, 3.8) is 0 Å². The second-order valence-corrected chi connectivity index (χ2v) is 12.3. The van der Waals surface area contributed by atoms with Crippen LogP contribution >= 0.6 is 0 Å². The summed E-state index contributed by atoms with van der Waals surface area (Å²) in [5.74, 6) is -0.421. The lowest BCUT2D eigenvalue weighted by molar-refractivity contribution is -0.191. The molecule has 196 valence electrons. The number of carbonyl (C=O) groups excluding carboxylic acids is 3. The molecule has 0 aromatic heterocycles. The van der Waals surface area contributed by atoms with E-state index in [0.717, 1.165) is 32.4 Å². The van der Waals surface area contributed by atoms with E-state index in [-0.39, 0.29) is 40.8 Å². The third kappa shape index (κ3) is 4.26. The Morgan fingerprint density at radius 3 is 2.49 bits per heavy atom. The molecule has 0 spiro atoms. The number of imide groups is 1. The average Bonchev–Trinajstić information content (AvgIpc) is 3.18. The van der Waals surface area contributed by atoms with Crippen LogP contribution in [0, 0.1) is 39.9 Å². The summed E-state index contributed by atoms with van der Waals surface area (Å²) in [5.41, 5.74) is -1.50. The molecule has 3 aliphatic carbocycles. The molecular weight excluding hydrogens is 444 g/mol. The van der Waals surface area contributed by atoms with E-state index in [2.05, 4.69) is 31.4 Å². The van der Waals surface area contributed by atoms with E-state index >= 15 is 0 Å². The fraction of sp³-hybridized carbons (Fsp3) is 0.821. The number of hydrogen-bond acceptors (Lipinski definition) is 6. The minimum absolute atomic E-state index is 0.0526. The molecule has 1 aliphatic heterocycles. The summed E-state index contributed by atoms with van der Waals surface area (Å²) in [6, 6.07) is 0. The van der Waals surface area contributed by atoms with Crippen LogP contribution < -0.4 is 10.6 Å². The van der Waals surface area contributed by atoms with Gasteiger partial charge in [0.25, 0.3) is 0 Å². The molecule has 0 radical (unpaired) electrons. The molecule has 2 amide bonds. The smallest absolute Gasteiger partial charge is 0.414 e. The van der Waals surface area contributed by atoms with Gasteiger partial charge in [-0.2, -0.15) is 0 Å². The molecule has 3 unspecified atom stereocenters. The Hall–Kier alpha value is -1.73. The highest BCUT2D eigenvalue weighted by atomic mass is 16.6. The van der Waals surface area contributed by atoms with E-state index in [1.54, 1.807) is 0 Å². The first-order chi connectivity index (χ1) is 16.5. The van der Waals surface area contributed by atoms with Gasteiger partial charge >= 0.3 is 6.09 Å². The van der Waals surface area contributed by atoms with Crippen molar-refractivity contribution in [3.05, 3.63) is 12.2 Å². The Bertz CT molecular complexity index is 883. The van der Waals surface area contributed by atoms with E-state index in [1.807, 2.05) is 26.0 Å². The molecule has 4 fully saturated rings. The largest absolute Gasteiger partial charge is 0.445 e. The Morgan fingerprint density at radius 1 is 1.14 bits per heavy atom. The number of amides is 2. The van der Waals surface area contributed by atoms with Crippen LogP contribution in [-0.2, 0) is 14.3 Å². The summed E-state index contributed by atoms with van der Waals surface area (Å²) in [7, 11) is 0. The molecule has 0 aromatic carbocycles. The van der Waals surface area contributed by atoms with Gasteiger partial charge in [-0.05, 0) is 75.8 Å². The monoisotopic (exact) mass is 488 g/mol. The summed E-state index contributed by atoms with van der Waals surface area (Å²) in [5, 5.41) is 17.4. The first-order valence-electron chi connectivity index (χ1n) is 13.6. The first kappa shape index (κ1) is 26.3. The molecule has 2 bridgehead atoms. The first-order valence-corrected chi connectivity index (χ1v) is 13.6. The minimum atomic E-state index is -0.737. The quantitative estimate of drug-likeness (QED) is 0.519. The fourth-order valence-electron chi connectivity index (χ4n) is 8.29. The molecule has 3 N–H and O–H groups in total. The van der Waals surface area contributed by atoms with Crippen molar-refractivity contribution < 1.29 is 24.2 Å². The number of alkyl carbamates (subject to hydrolysis) is 1. The molecule has 4 aliphatic rings. The van der Waals surface area contributed by atoms with Crippen LogP contribution in [0.2, 0.25) is 0 Å². The maximum atomic E-state index is 13.5. The van der Waals surface area contributed by atoms with Crippen molar-refractivity contribution >= 4 is 17.8 Å². The van der Waals surface area contributed by atoms with Gasteiger partial charge in [0.05, 0.1) is 6.10 Å². The van der Waals surface area contributed by atoms with Crippen LogP contribution in [0.25, 0.3) is 0 Å². The Labute approximate surface area is 209 Å². The van der Waals surface area contributed by atoms with Gasteiger partial charge in [-0.3, -0.25) is 14.9 Å². The van der Waals surface area contributed by atoms with Crippen molar-refractivity contribution in [2.75, 3.05) is 13.1 Å². The van der Waals surface area contributed by atoms with Crippen molar-refractivity contribution in [1.29, 1.82) is 0 Å². The third-order valence-corrected chi connectivity index (χ3v) is 10.6. The maximum absolute atomic E-state index is 13.5. The zero-order valence-electron chi connectivity index (χ0n) is 22.1. The number of piperidine rings is 1. The normalized spacial score (nSPS) is 44.4. The zero-order chi connectivity index (χ0) is 25.6. The molecule has 7 heteroatoms. The van der Waals surface area contributed by atoms with Gasteiger partial charge in [-0.15, -0.1) is 0 Å². The number of ketones is 1. The zero-order valence-corrected chi connectivity index (χ0v) is 22.1. The lowest BCUT2D eigenvalue weighted by Crippen LogP contribution is -2.63. The topological polar surface area (TPSA) is 105 Å². The van der Waals surface area contributed by atoms with Crippen LogP contribution in [0.1, 0.15) is 79.6 Å². The van der Waals surface area contributed by atoms with E-state index in [0.29, 0.717) is 25.7 Å². The molecule has 0 aromatic rings. The number of aliphatic hydroxyl groups is 1. The standard InChI is InChI=1S/C28H44N2O5/c1-6-11-26(4)16-21(35-25(34)30-24(33)19-9-14-29-15-10-19)27(5)17(2)7-12-28(18(3)23(26)32)13-8-20(31)22(27)28/h6,11,17-19,21-23,29,32H,7-10,12-16H2,1-5H3,(H,30,33,34)/t17?,18-,21+,22?,23-,26+,27-,28?/m0/s1. The highest BCUT2D eigenvalue weighted by Crippen LogP contribution is 2.68. The summed E-state index contributed by atoms with van der Waals surface area (Å²) >= 11 is 0. The number of nitrogens with one attached hydrogen (secondary N) is 2. The Morgan fingerprint density at radius 2 is 1.83 bits per heavy atom. The molecule has 4 rings (SSSR count). The highest BCUT2D eigenvalue weighted by Gasteiger charge is 2.68. The van der Waals surface area contributed by atoms with Gasteiger partial charge in [0.2, 0.25) is 5.91 Å². The van der Waals surface area contributed by atoms with Gasteiger partial charge in [0.1, 0.15) is 11.9 Å². The van der Waals surface area contributed by atoms with E-state index in [9.17, 15) is 19.5 Å². The number of ether oxygens (including phenoxy) is 1. The summed E-state index contributed by atoms with van der Waals surface area (Å²) in [6.07, 6.45) is 6.87. The number of hydrogen-bond donors (Lipinski definition) is 3. The second-order valence-electron chi connectivity index (χ2n) is 12.3. The number of Topliss-reactive ketones (excluding diaryl/α,β-unsaturated/α-hetero) is 1. The third-order valence-electron chi connectivity index (χ3n) is 10.6. The second kappa shape index (κ2) is 9.62. The van der Waals surface area contributed by atoms with Crippen LogP contribution in [0.4, 0.5) is 4.79 Å². The van der Waals surface area contributed by atoms with Crippen LogP contribution in [0.3, 0.4) is 0 Å². The molecule has 7 nitrogen and oxygen atoms in total.